The zero-order valence-corrected chi connectivity index (χ0v) is 19.9. The molecule has 1 amide bonds. The van der Waals surface area contributed by atoms with Gasteiger partial charge >= 0.3 is 6.01 Å². The molecule has 1 aromatic carbocycles. The van der Waals surface area contributed by atoms with Crippen LogP contribution in [0.25, 0.3) is 11.4 Å². The van der Waals surface area contributed by atoms with Crippen LogP contribution in [0.15, 0.2) is 40.4 Å². The molecule has 2 saturated heterocycles. The van der Waals surface area contributed by atoms with E-state index in [1.807, 2.05) is 24.3 Å². The Labute approximate surface area is 196 Å². The van der Waals surface area contributed by atoms with Crippen LogP contribution in [0.2, 0.25) is 0 Å². The van der Waals surface area contributed by atoms with E-state index in [0.29, 0.717) is 17.8 Å². The minimum Gasteiger partial charge on any atom is -0.497 e. The highest BCUT2D eigenvalue weighted by Crippen LogP contribution is 2.26. The van der Waals surface area contributed by atoms with Crippen molar-refractivity contribution in [3.8, 4) is 17.1 Å². The van der Waals surface area contributed by atoms with Gasteiger partial charge in [0.15, 0.2) is 0 Å². The van der Waals surface area contributed by atoms with Gasteiger partial charge in [0.2, 0.25) is 11.7 Å². The quantitative estimate of drug-likeness (QED) is 0.614. The van der Waals surface area contributed by atoms with Gasteiger partial charge < -0.3 is 19.5 Å². The van der Waals surface area contributed by atoms with Crippen molar-refractivity contribution in [1.82, 2.24) is 20.4 Å². The Morgan fingerprint density at radius 1 is 1.18 bits per heavy atom. The van der Waals surface area contributed by atoms with Crippen LogP contribution in [-0.4, -0.2) is 67.3 Å². The molecule has 1 N–H and O–H groups in total. The lowest BCUT2D eigenvalue weighted by atomic mass is 9.96. The highest BCUT2D eigenvalue weighted by molar-refractivity contribution is 5.79. The second kappa shape index (κ2) is 10.8. The molecular formula is C25H35N5O3. The first-order valence-electron chi connectivity index (χ1n) is 11.9. The summed E-state index contributed by atoms with van der Waals surface area (Å²) in [5, 5.41) is 7.33. The van der Waals surface area contributed by atoms with E-state index in [1.54, 1.807) is 7.11 Å². The first-order chi connectivity index (χ1) is 16.0. The van der Waals surface area contributed by atoms with E-state index < -0.39 is 0 Å². The van der Waals surface area contributed by atoms with Gasteiger partial charge in [-0.15, -0.1) is 0 Å². The van der Waals surface area contributed by atoms with Crippen molar-refractivity contribution in [2.24, 2.45) is 11.8 Å². The number of aromatic nitrogens is 2. The number of anilines is 1. The number of hydrogen-bond donors (Lipinski definition) is 1. The van der Waals surface area contributed by atoms with Crippen LogP contribution >= 0.6 is 0 Å². The molecule has 2 aliphatic rings. The Morgan fingerprint density at radius 3 is 2.64 bits per heavy atom. The summed E-state index contributed by atoms with van der Waals surface area (Å²) in [6, 6.07) is 8.09. The lowest BCUT2D eigenvalue weighted by Crippen LogP contribution is -2.42. The van der Waals surface area contributed by atoms with E-state index in [-0.39, 0.29) is 11.8 Å². The molecule has 1 unspecified atom stereocenters. The van der Waals surface area contributed by atoms with Gasteiger partial charge in [-0.3, -0.25) is 9.69 Å². The topological polar surface area (TPSA) is 83.7 Å². The molecule has 0 bridgehead atoms. The number of nitrogens with zero attached hydrogens (tertiary/aromatic N) is 4. The maximum absolute atomic E-state index is 12.7. The molecule has 0 saturated carbocycles. The second-order valence-electron chi connectivity index (χ2n) is 9.33. The molecule has 2 aromatic rings. The number of hydrogen-bond acceptors (Lipinski definition) is 7. The Kier molecular flexibility index (Phi) is 7.65. The van der Waals surface area contributed by atoms with Crippen molar-refractivity contribution in [2.75, 3.05) is 51.3 Å². The Balaban J connectivity index is 1.21. The van der Waals surface area contributed by atoms with Crippen LogP contribution < -0.4 is 15.0 Å². The van der Waals surface area contributed by atoms with Crippen LogP contribution in [0.1, 0.15) is 33.1 Å². The molecule has 2 fully saturated rings. The number of benzene rings is 1. The molecule has 0 radical (unpaired) electrons. The van der Waals surface area contributed by atoms with Crippen molar-refractivity contribution in [3.63, 3.8) is 0 Å². The predicted molar refractivity (Wildman–Crippen MR) is 128 cm³/mol. The molecule has 4 rings (SSSR count). The normalized spacial score (nSPS) is 19.5. The summed E-state index contributed by atoms with van der Waals surface area (Å²) >= 11 is 0. The average Bonchev–Trinajstić information content (AvgIpc) is 3.51. The highest BCUT2D eigenvalue weighted by Gasteiger charge is 2.29. The molecule has 3 heterocycles. The largest absolute Gasteiger partial charge is 0.497 e. The summed E-state index contributed by atoms with van der Waals surface area (Å²) in [4.78, 5) is 21.8. The van der Waals surface area contributed by atoms with E-state index >= 15 is 0 Å². The first-order valence-corrected chi connectivity index (χ1v) is 11.9. The molecule has 1 atom stereocenters. The molecule has 2 aliphatic heterocycles. The number of amides is 1. The number of methoxy groups -OCH3 is 1. The lowest BCUT2D eigenvalue weighted by molar-refractivity contribution is -0.125. The van der Waals surface area contributed by atoms with Crippen molar-refractivity contribution < 1.29 is 14.1 Å². The zero-order valence-electron chi connectivity index (χ0n) is 19.9. The first kappa shape index (κ1) is 23.3. The van der Waals surface area contributed by atoms with Gasteiger partial charge in [0, 0.05) is 44.2 Å². The summed E-state index contributed by atoms with van der Waals surface area (Å²) < 4.78 is 10.7. The summed E-state index contributed by atoms with van der Waals surface area (Å²) in [7, 11) is 1.64. The molecule has 0 aliphatic carbocycles. The van der Waals surface area contributed by atoms with Crippen LogP contribution in [0.5, 0.6) is 5.75 Å². The Bertz CT molecular complexity index is 943. The van der Waals surface area contributed by atoms with Gasteiger partial charge in [-0.2, -0.15) is 4.98 Å². The number of nitrogens with one attached hydrogen (secondary N) is 1. The van der Waals surface area contributed by atoms with E-state index in [2.05, 4.69) is 45.2 Å². The van der Waals surface area contributed by atoms with Crippen molar-refractivity contribution in [2.45, 2.75) is 33.1 Å². The van der Waals surface area contributed by atoms with Crippen molar-refractivity contribution in [1.29, 1.82) is 0 Å². The minimum atomic E-state index is 0.0495. The fourth-order valence-electron chi connectivity index (χ4n) is 4.48. The van der Waals surface area contributed by atoms with E-state index in [4.69, 9.17) is 9.26 Å². The van der Waals surface area contributed by atoms with E-state index in [1.165, 1.54) is 5.57 Å². The third-order valence-electron chi connectivity index (χ3n) is 6.59. The fraction of sp³-hybridized carbons (Fsp3) is 0.560. The van der Waals surface area contributed by atoms with Gasteiger partial charge in [-0.05, 0) is 69.8 Å². The maximum Gasteiger partial charge on any atom is 0.324 e. The SMILES string of the molecule is COc1ccc(-c2noc(N3CCC(C(=O)NCC4CCN(CC=C(C)C)C4)CC3)n2)cc1. The number of carbonyl (C=O) groups excluding carboxylic acids is 1. The van der Waals surface area contributed by atoms with Crippen molar-refractivity contribution >= 4 is 11.9 Å². The number of carbonyl (C=O) groups is 1. The van der Waals surface area contributed by atoms with Gasteiger partial charge in [0.05, 0.1) is 7.11 Å². The highest BCUT2D eigenvalue weighted by atomic mass is 16.5. The predicted octanol–water partition coefficient (Wildman–Crippen LogP) is 3.37. The zero-order chi connectivity index (χ0) is 23.2. The van der Waals surface area contributed by atoms with Crippen LogP contribution in [0.4, 0.5) is 6.01 Å². The summed E-state index contributed by atoms with van der Waals surface area (Å²) in [6.45, 7) is 9.72. The van der Waals surface area contributed by atoms with Gasteiger partial charge in [0.25, 0.3) is 0 Å². The fourth-order valence-corrected chi connectivity index (χ4v) is 4.48. The molecule has 8 nitrogen and oxygen atoms in total. The number of likely N-dealkylation sites (tertiary alicyclic amines) is 1. The number of allylic oxidation sites excluding steroid dienone is 1. The van der Waals surface area contributed by atoms with Gasteiger partial charge in [-0.1, -0.05) is 16.8 Å². The lowest BCUT2D eigenvalue weighted by Gasteiger charge is -2.30. The second-order valence-corrected chi connectivity index (χ2v) is 9.33. The monoisotopic (exact) mass is 453 g/mol. The maximum atomic E-state index is 12.7. The summed E-state index contributed by atoms with van der Waals surface area (Å²) in [6.07, 6.45) is 5.02. The average molecular weight is 454 g/mol. The summed E-state index contributed by atoms with van der Waals surface area (Å²) in [5.74, 6) is 2.13. The van der Waals surface area contributed by atoms with E-state index in [9.17, 15) is 4.79 Å². The molecule has 33 heavy (non-hydrogen) atoms. The minimum absolute atomic E-state index is 0.0495. The molecule has 1 aromatic heterocycles. The van der Waals surface area contributed by atoms with E-state index in [0.717, 1.165) is 69.8 Å². The standard InChI is InChI=1S/C25H35N5O3/c1-18(2)8-12-29-13-9-19(17-29)16-26-24(31)21-10-14-30(15-11-21)25-27-23(28-33-25)20-4-6-22(32-3)7-5-20/h4-8,19,21H,9-17H2,1-3H3,(H,26,31). The molecule has 178 valence electrons. The van der Waals surface area contributed by atoms with Crippen LogP contribution in [0.3, 0.4) is 0 Å². The third-order valence-corrected chi connectivity index (χ3v) is 6.59. The van der Waals surface area contributed by atoms with Crippen molar-refractivity contribution in [3.05, 3.63) is 35.9 Å². The molecule has 0 spiro atoms. The smallest absolute Gasteiger partial charge is 0.324 e. The Morgan fingerprint density at radius 2 is 1.94 bits per heavy atom. The molecule has 8 heteroatoms. The third kappa shape index (κ3) is 6.13. The van der Waals surface area contributed by atoms with Gasteiger partial charge in [-0.25, -0.2) is 0 Å². The Hall–Kier alpha value is -2.87. The van der Waals surface area contributed by atoms with Gasteiger partial charge in [0.1, 0.15) is 5.75 Å². The number of piperidine rings is 1. The number of rotatable bonds is 8. The number of ether oxygens (including phenoxy) is 1. The van der Waals surface area contributed by atoms with Crippen LogP contribution in [-0.2, 0) is 4.79 Å². The summed E-state index contributed by atoms with van der Waals surface area (Å²) in [5.41, 5.74) is 2.24. The van der Waals surface area contributed by atoms with Crippen LogP contribution in [0, 0.1) is 11.8 Å². The molecular weight excluding hydrogens is 418 g/mol.